The second kappa shape index (κ2) is 4.18. The molecule has 0 aromatic heterocycles. The Morgan fingerprint density at radius 1 is 1.05 bits per heavy atom. The number of fused-ring (bicyclic) bond motifs is 1. The third-order valence-electron chi connectivity index (χ3n) is 3.91. The van der Waals surface area contributed by atoms with Crippen LogP contribution in [-0.2, 0) is 10.4 Å². The van der Waals surface area contributed by atoms with Gasteiger partial charge in [0.2, 0.25) is 0 Å². The fourth-order valence-corrected chi connectivity index (χ4v) is 3.00. The molecule has 0 spiro atoms. The number of aliphatic hydroxyl groups is 1. The summed E-state index contributed by atoms with van der Waals surface area (Å²) in [6, 6.07) is 13.2. The minimum Gasteiger partial charge on any atom is -0.372 e. The number of para-hydroxylation sites is 1. The Morgan fingerprint density at radius 2 is 1.65 bits per heavy atom. The van der Waals surface area contributed by atoms with Crippen molar-refractivity contribution in [2.24, 2.45) is 0 Å². The fraction of sp³-hybridized carbons (Fsp3) is 0.235. The lowest BCUT2D eigenvalue weighted by Crippen LogP contribution is -2.39. The molecule has 3 rings (SSSR count). The zero-order valence-electron chi connectivity index (χ0n) is 11.8. The van der Waals surface area contributed by atoms with Crippen LogP contribution in [0.25, 0.3) is 0 Å². The van der Waals surface area contributed by atoms with Gasteiger partial charge in [-0.15, -0.1) is 0 Å². The largest absolute Gasteiger partial charge is 0.372 e. The Hall–Kier alpha value is -2.13. The molecular weight excluding hydrogens is 250 g/mol. The standard InChI is InChI=1S/C17H17NO2/c1-11-8-12(2)10-13(9-11)17(20)14-6-4-5-7-15(14)18(3)16(17)19/h4-10,20H,1-3H3. The van der Waals surface area contributed by atoms with Crippen LogP contribution in [0.15, 0.2) is 42.5 Å². The van der Waals surface area contributed by atoms with Crippen molar-refractivity contribution in [2.75, 3.05) is 11.9 Å². The maximum Gasteiger partial charge on any atom is 0.268 e. The summed E-state index contributed by atoms with van der Waals surface area (Å²) in [5.41, 5.74) is 2.54. The number of carbonyl (C=O) groups excluding carboxylic acids is 1. The first-order valence-electron chi connectivity index (χ1n) is 6.63. The molecular formula is C17H17NO2. The SMILES string of the molecule is Cc1cc(C)cc(C2(O)C(=O)N(C)c3ccccc32)c1. The van der Waals surface area contributed by atoms with Gasteiger partial charge in [-0.2, -0.15) is 0 Å². The Labute approximate surface area is 118 Å². The molecule has 1 heterocycles. The maximum atomic E-state index is 12.6. The van der Waals surface area contributed by atoms with Gasteiger partial charge in [0.05, 0.1) is 5.69 Å². The van der Waals surface area contributed by atoms with E-state index in [2.05, 4.69) is 0 Å². The first-order chi connectivity index (χ1) is 9.44. The molecule has 0 radical (unpaired) electrons. The molecule has 1 aliphatic heterocycles. The second-order valence-corrected chi connectivity index (χ2v) is 5.47. The highest BCUT2D eigenvalue weighted by molar-refractivity contribution is 6.08. The molecule has 20 heavy (non-hydrogen) atoms. The number of carbonyl (C=O) groups is 1. The van der Waals surface area contributed by atoms with Crippen LogP contribution in [0.3, 0.4) is 0 Å². The summed E-state index contributed by atoms with van der Waals surface area (Å²) in [5.74, 6) is -0.302. The molecule has 3 heteroatoms. The molecule has 0 saturated carbocycles. The van der Waals surface area contributed by atoms with Gasteiger partial charge in [0, 0.05) is 12.6 Å². The highest BCUT2D eigenvalue weighted by Gasteiger charge is 2.49. The van der Waals surface area contributed by atoms with E-state index in [9.17, 15) is 9.90 Å². The molecule has 0 aliphatic carbocycles. The van der Waals surface area contributed by atoms with Crippen LogP contribution in [0.5, 0.6) is 0 Å². The predicted octanol–water partition coefficient (Wildman–Crippen LogP) is 2.52. The van der Waals surface area contributed by atoms with Gasteiger partial charge < -0.3 is 10.0 Å². The molecule has 0 bridgehead atoms. The van der Waals surface area contributed by atoms with Crippen molar-refractivity contribution in [3.05, 3.63) is 64.7 Å². The van der Waals surface area contributed by atoms with E-state index >= 15 is 0 Å². The Kier molecular flexibility index (Phi) is 2.69. The summed E-state index contributed by atoms with van der Waals surface area (Å²) in [6.07, 6.45) is 0. The van der Waals surface area contributed by atoms with Crippen molar-refractivity contribution < 1.29 is 9.90 Å². The zero-order chi connectivity index (χ0) is 14.5. The maximum absolute atomic E-state index is 12.6. The summed E-state index contributed by atoms with van der Waals surface area (Å²) in [7, 11) is 1.70. The quantitative estimate of drug-likeness (QED) is 0.862. The molecule has 102 valence electrons. The zero-order valence-corrected chi connectivity index (χ0v) is 11.8. The highest BCUT2D eigenvalue weighted by atomic mass is 16.3. The van der Waals surface area contributed by atoms with E-state index < -0.39 is 5.60 Å². The normalized spacial score (nSPS) is 21.2. The van der Waals surface area contributed by atoms with Crippen LogP contribution in [-0.4, -0.2) is 18.1 Å². The van der Waals surface area contributed by atoms with Crippen molar-refractivity contribution in [2.45, 2.75) is 19.4 Å². The molecule has 0 fully saturated rings. The van der Waals surface area contributed by atoms with Crippen molar-refractivity contribution in [3.8, 4) is 0 Å². The van der Waals surface area contributed by atoms with E-state index in [0.717, 1.165) is 16.8 Å². The summed E-state index contributed by atoms with van der Waals surface area (Å²) in [4.78, 5) is 14.1. The van der Waals surface area contributed by atoms with E-state index in [1.165, 1.54) is 4.90 Å². The number of anilines is 1. The molecule has 1 unspecified atom stereocenters. The van der Waals surface area contributed by atoms with Gasteiger partial charge in [-0.25, -0.2) is 0 Å². The second-order valence-electron chi connectivity index (χ2n) is 5.47. The fourth-order valence-electron chi connectivity index (χ4n) is 3.00. The minimum absolute atomic E-state index is 0.302. The average Bonchev–Trinajstić information content (AvgIpc) is 2.62. The molecule has 1 atom stereocenters. The van der Waals surface area contributed by atoms with Crippen molar-refractivity contribution in [1.29, 1.82) is 0 Å². The first kappa shape index (κ1) is 12.9. The van der Waals surface area contributed by atoms with Gasteiger partial charge >= 0.3 is 0 Å². The molecule has 1 N–H and O–H groups in total. The number of likely N-dealkylation sites (N-methyl/N-ethyl adjacent to an activating group) is 1. The predicted molar refractivity (Wildman–Crippen MR) is 78.8 cm³/mol. The molecule has 1 amide bonds. The Bertz CT molecular complexity index is 688. The van der Waals surface area contributed by atoms with Crippen LogP contribution in [0.2, 0.25) is 0 Å². The number of hydrogen-bond donors (Lipinski definition) is 1. The summed E-state index contributed by atoms with van der Waals surface area (Å²) < 4.78 is 0. The van der Waals surface area contributed by atoms with Crippen LogP contribution in [0, 0.1) is 13.8 Å². The van der Waals surface area contributed by atoms with Gasteiger partial charge in [0.1, 0.15) is 0 Å². The number of hydrogen-bond acceptors (Lipinski definition) is 2. The third-order valence-corrected chi connectivity index (χ3v) is 3.91. The van der Waals surface area contributed by atoms with E-state index in [-0.39, 0.29) is 5.91 Å². The lowest BCUT2D eigenvalue weighted by atomic mass is 9.86. The van der Waals surface area contributed by atoms with Crippen LogP contribution >= 0.6 is 0 Å². The molecule has 2 aromatic rings. The van der Waals surface area contributed by atoms with Crippen LogP contribution in [0.1, 0.15) is 22.3 Å². The van der Waals surface area contributed by atoms with Gasteiger partial charge in [-0.1, -0.05) is 47.5 Å². The Balaban J connectivity index is 2.28. The lowest BCUT2D eigenvalue weighted by molar-refractivity contribution is -0.131. The Morgan fingerprint density at radius 3 is 2.30 bits per heavy atom. The molecule has 3 nitrogen and oxygen atoms in total. The van der Waals surface area contributed by atoms with Gasteiger partial charge in [-0.05, 0) is 25.5 Å². The summed E-state index contributed by atoms with van der Waals surface area (Å²) in [5, 5.41) is 11.1. The highest BCUT2D eigenvalue weighted by Crippen LogP contribution is 2.43. The summed E-state index contributed by atoms with van der Waals surface area (Å²) in [6.45, 7) is 3.93. The first-order valence-corrected chi connectivity index (χ1v) is 6.63. The number of nitrogens with zero attached hydrogens (tertiary/aromatic N) is 1. The average molecular weight is 267 g/mol. The topological polar surface area (TPSA) is 40.5 Å². The molecule has 0 saturated heterocycles. The van der Waals surface area contributed by atoms with Gasteiger partial charge in [0.15, 0.2) is 5.60 Å². The molecule has 1 aliphatic rings. The van der Waals surface area contributed by atoms with E-state index in [1.807, 2.05) is 56.3 Å². The molecule has 2 aromatic carbocycles. The monoisotopic (exact) mass is 267 g/mol. The smallest absolute Gasteiger partial charge is 0.268 e. The van der Waals surface area contributed by atoms with E-state index in [4.69, 9.17) is 0 Å². The lowest BCUT2D eigenvalue weighted by Gasteiger charge is -2.23. The van der Waals surface area contributed by atoms with E-state index in [1.54, 1.807) is 7.05 Å². The van der Waals surface area contributed by atoms with Crippen LogP contribution < -0.4 is 4.90 Å². The number of rotatable bonds is 1. The summed E-state index contributed by atoms with van der Waals surface area (Å²) >= 11 is 0. The van der Waals surface area contributed by atoms with Crippen molar-refractivity contribution in [3.63, 3.8) is 0 Å². The third kappa shape index (κ3) is 1.60. The van der Waals surface area contributed by atoms with Gasteiger partial charge in [0.25, 0.3) is 5.91 Å². The minimum atomic E-state index is -1.58. The van der Waals surface area contributed by atoms with Gasteiger partial charge in [-0.3, -0.25) is 4.79 Å². The van der Waals surface area contributed by atoms with Crippen LogP contribution in [0.4, 0.5) is 5.69 Å². The number of amides is 1. The number of benzene rings is 2. The van der Waals surface area contributed by atoms with Crippen molar-refractivity contribution in [1.82, 2.24) is 0 Å². The number of aryl methyl sites for hydroxylation is 2. The van der Waals surface area contributed by atoms with Crippen molar-refractivity contribution >= 4 is 11.6 Å². The van der Waals surface area contributed by atoms with E-state index in [0.29, 0.717) is 11.1 Å².